The van der Waals surface area contributed by atoms with Gasteiger partial charge in [-0.25, -0.2) is 0 Å². The van der Waals surface area contributed by atoms with Crippen molar-refractivity contribution >= 4 is 5.78 Å². The van der Waals surface area contributed by atoms with Crippen molar-refractivity contribution in [3.8, 4) is 5.75 Å². The van der Waals surface area contributed by atoms with Crippen molar-refractivity contribution in [1.82, 2.24) is 10.6 Å². The number of fused-ring (bicyclic) bond motifs is 1. The van der Waals surface area contributed by atoms with Crippen LogP contribution in [0.3, 0.4) is 0 Å². The fourth-order valence-corrected chi connectivity index (χ4v) is 3.78. The van der Waals surface area contributed by atoms with Crippen molar-refractivity contribution in [3.05, 3.63) is 65.2 Å². The van der Waals surface area contributed by atoms with Gasteiger partial charge in [-0.3, -0.25) is 4.79 Å². The Kier molecular flexibility index (Phi) is 4.81. The lowest BCUT2D eigenvalue weighted by atomic mass is 9.92. The number of benzene rings is 2. The normalized spacial score (nSPS) is 23.0. The summed E-state index contributed by atoms with van der Waals surface area (Å²) in [5.74, 6) is 0.915. The number of rotatable bonds is 4. The van der Waals surface area contributed by atoms with Gasteiger partial charge in [-0.1, -0.05) is 36.4 Å². The summed E-state index contributed by atoms with van der Waals surface area (Å²) in [5, 5.41) is 7.35. The van der Waals surface area contributed by atoms with Crippen molar-refractivity contribution in [2.75, 3.05) is 13.2 Å². The number of carbonyl (C=O) groups excluding carboxylic acids is 1. The highest BCUT2D eigenvalue weighted by Crippen LogP contribution is 2.27. The SMILES string of the molecule is O=C1CCOc2cc(CNC3CCCNC3c3ccccc3)ccc21. The third-order valence-corrected chi connectivity index (χ3v) is 5.12. The first kappa shape index (κ1) is 16.3. The number of Topliss-reactive ketones (excluding diaryl/α,β-unsaturated/α-hetero) is 1. The maximum absolute atomic E-state index is 11.9. The first-order valence-corrected chi connectivity index (χ1v) is 9.12. The fraction of sp³-hybridized carbons (Fsp3) is 0.381. The van der Waals surface area contributed by atoms with Gasteiger partial charge in [-0.15, -0.1) is 0 Å². The first-order valence-electron chi connectivity index (χ1n) is 9.12. The molecule has 1 fully saturated rings. The van der Waals surface area contributed by atoms with E-state index >= 15 is 0 Å². The van der Waals surface area contributed by atoms with Crippen LogP contribution in [0.25, 0.3) is 0 Å². The van der Waals surface area contributed by atoms with Crippen molar-refractivity contribution in [2.45, 2.75) is 37.9 Å². The van der Waals surface area contributed by atoms with Crippen molar-refractivity contribution in [1.29, 1.82) is 0 Å². The Morgan fingerprint density at radius 3 is 2.92 bits per heavy atom. The van der Waals surface area contributed by atoms with E-state index in [1.807, 2.05) is 18.2 Å². The quantitative estimate of drug-likeness (QED) is 0.900. The smallest absolute Gasteiger partial charge is 0.169 e. The zero-order valence-corrected chi connectivity index (χ0v) is 14.3. The van der Waals surface area contributed by atoms with Gasteiger partial charge in [0, 0.05) is 25.0 Å². The van der Waals surface area contributed by atoms with Crippen LogP contribution in [0.5, 0.6) is 5.75 Å². The molecule has 2 atom stereocenters. The lowest BCUT2D eigenvalue weighted by Crippen LogP contribution is -2.45. The van der Waals surface area contributed by atoms with Crippen LogP contribution in [0.4, 0.5) is 0 Å². The Morgan fingerprint density at radius 2 is 2.04 bits per heavy atom. The number of ketones is 1. The van der Waals surface area contributed by atoms with Crippen LogP contribution < -0.4 is 15.4 Å². The molecular formula is C21H24N2O2. The third kappa shape index (κ3) is 3.60. The van der Waals surface area contributed by atoms with E-state index in [2.05, 4.69) is 41.0 Å². The second kappa shape index (κ2) is 7.38. The molecular weight excluding hydrogens is 312 g/mol. The van der Waals surface area contributed by atoms with E-state index in [0.717, 1.165) is 36.4 Å². The van der Waals surface area contributed by atoms with Gasteiger partial charge in [0.25, 0.3) is 0 Å². The van der Waals surface area contributed by atoms with E-state index < -0.39 is 0 Å². The van der Waals surface area contributed by atoms with Gasteiger partial charge in [0.05, 0.1) is 12.2 Å². The second-order valence-corrected chi connectivity index (χ2v) is 6.82. The molecule has 25 heavy (non-hydrogen) atoms. The van der Waals surface area contributed by atoms with Crippen LogP contribution in [0, 0.1) is 0 Å². The number of piperidine rings is 1. The number of hydrogen-bond donors (Lipinski definition) is 2. The molecule has 130 valence electrons. The summed E-state index contributed by atoms with van der Waals surface area (Å²) in [5.41, 5.74) is 3.21. The largest absolute Gasteiger partial charge is 0.492 e. The molecule has 0 amide bonds. The van der Waals surface area contributed by atoms with Crippen molar-refractivity contribution in [3.63, 3.8) is 0 Å². The van der Waals surface area contributed by atoms with Crippen LogP contribution in [-0.4, -0.2) is 25.0 Å². The minimum Gasteiger partial charge on any atom is -0.492 e. The Hall–Kier alpha value is -2.17. The molecule has 4 nitrogen and oxygen atoms in total. The minimum absolute atomic E-state index is 0.182. The molecule has 1 saturated heterocycles. The monoisotopic (exact) mass is 336 g/mol. The van der Waals surface area contributed by atoms with E-state index in [1.165, 1.54) is 12.0 Å². The molecule has 0 radical (unpaired) electrons. The molecule has 2 aliphatic rings. The maximum atomic E-state index is 11.9. The molecule has 0 bridgehead atoms. The van der Waals surface area contributed by atoms with Gasteiger partial charge in [-0.05, 0) is 42.6 Å². The molecule has 2 unspecified atom stereocenters. The average Bonchev–Trinajstić information content (AvgIpc) is 2.67. The molecule has 2 N–H and O–H groups in total. The zero-order valence-electron chi connectivity index (χ0n) is 14.3. The maximum Gasteiger partial charge on any atom is 0.169 e. The molecule has 2 aliphatic heterocycles. The lowest BCUT2D eigenvalue weighted by Gasteiger charge is -2.34. The van der Waals surface area contributed by atoms with Crippen LogP contribution in [0.15, 0.2) is 48.5 Å². The Morgan fingerprint density at radius 1 is 1.16 bits per heavy atom. The summed E-state index contributed by atoms with van der Waals surface area (Å²) in [4.78, 5) is 11.9. The molecule has 0 spiro atoms. The van der Waals surface area contributed by atoms with Crippen LogP contribution in [0.2, 0.25) is 0 Å². The fourth-order valence-electron chi connectivity index (χ4n) is 3.78. The number of hydrogen-bond acceptors (Lipinski definition) is 4. The zero-order chi connectivity index (χ0) is 17.1. The summed E-state index contributed by atoms with van der Waals surface area (Å²) in [7, 11) is 0. The standard InChI is InChI=1S/C21H24N2O2/c24-19-10-12-25-20-13-15(8-9-17(19)20)14-23-18-7-4-11-22-21(18)16-5-2-1-3-6-16/h1-3,5-6,8-9,13,18,21-23H,4,7,10-12,14H2. The van der Waals surface area contributed by atoms with E-state index in [9.17, 15) is 4.79 Å². The van der Waals surface area contributed by atoms with Gasteiger partial charge in [-0.2, -0.15) is 0 Å². The molecule has 0 aliphatic carbocycles. The van der Waals surface area contributed by atoms with Crippen LogP contribution in [0.1, 0.15) is 46.8 Å². The second-order valence-electron chi connectivity index (χ2n) is 6.82. The summed E-state index contributed by atoms with van der Waals surface area (Å²) in [6.07, 6.45) is 2.83. The highest BCUT2D eigenvalue weighted by Gasteiger charge is 2.25. The highest BCUT2D eigenvalue weighted by atomic mass is 16.5. The Balaban J connectivity index is 1.45. The van der Waals surface area contributed by atoms with E-state index in [0.29, 0.717) is 25.1 Å². The highest BCUT2D eigenvalue weighted by molar-refractivity contribution is 5.99. The summed E-state index contributed by atoms with van der Waals surface area (Å²) >= 11 is 0. The van der Waals surface area contributed by atoms with Gasteiger partial charge in [0.2, 0.25) is 0 Å². The Bertz CT molecular complexity index is 745. The molecule has 2 aromatic rings. The predicted octanol–water partition coefficient (Wildman–Crippen LogP) is 3.23. The first-order chi connectivity index (χ1) is 12.3. The van der Waals surface area contributed by atoms with Crippen molar-refractivity contribution < 1.29 is 9.53 Å². The summed E-state index contributed by atoms with van der Waals surface area (Å²) in [6, 6.07) is 17.3. The number of nitrogens with one attached hydrogen (secondary N) is 2. The molecule has 4 rings (SSSR count). The topological polar surface area (TPSA) is 50.4 Å². The van der Waals surface area contributed by atoms with Crippen LogP contribution >= 0.6 is 0 Å². The molecule has 2 heterocycles. The van der Waals surface area contributed by atoms with Gasteiger partial charge in [0.1, 0.15) is 5.75 Å². The lowest BCUT2D eigenvalue weighted by molar-refractivity contribution is 0.0933. The van der Waals surface area contributed by atoms with E-state index in [1.54, 1.807) is 0 Å². The number of carbonyl (C=O) groups is 1. The van der Waals surface area contributed by atoms with E-state index in [4.69, 9.17) is 4.74 Å². The van der Waals surface area contributed by atoms with Crippen molar-refractivity contribution in [2.24, 2.45) is 0 Å². The summed E-state index contributed by atoms with van der Waals surface area (Å²) in [6.45, 7) is 2.33. The molecule has 0 saturated carbocycles. The number of ether oxygens (including phenoxy) is 1. The average molecular weight is 336 g/mol. The summed E-state index contributed by atoms with van der Waals surface area (Å²) < 4.78 is 5.66. The van der Waals surface area contributed by atoms with Gasteiger partial charge in [0.15, 0.2) is 5.78 Å². The molecule has 0 aromatic heterocycles. The molecule has 2 aromatic carbocycles. The van der Waals surface area contributed by atoms with Crippen LogP contribution in [-0.2, 0) is 6.54 Å². The third-order valence-electron chi connectivity index (χ3n) is 5.12. The Labute approximate surface area is 148 Å². The van der Waals surface area contributed by atoms with Gasteiger partial charge < -0.3 is 15.4 Å². The van der Waals surface area contributed by atoms with E-state index in [-0.39, 0.29) is 5.78 Å². The van der Waals surface area contributed by atoms with Gasteiger partial charge >= 0.3 is 0 Å². The predicted molar refractivity (Wildman–Crippen MR) is 97.9 cm³/mol. The minimum atomic E-state index is 0.182. The molecule has 4 heteroatoms.